The quantitative estimate of drug-likeness (QED) is 0.698. The molecule has 0 heterocycles. The van der Waals surface area contributed by atoms with Crippen LogP contribution in [0.4, 0.5) is 0 Å². The number of rotatable bonds is 3. The molecule has 0 bridgehead atoms. The average molecular weight is 175 g/mol. The zero-order chi connectivity index (χ0) is 9.68. The van der Waals surface area contributed by atoms with E-state index in [1.54, 1.807) is 12.1 Å². The number of carbonyl (C=O) groups is 1. The summed E-state index contributed by atoms with van der Waals surface area (Å²) in [5.41, 5.74) is 1.79. The van der Waals surface area contributed by atoms with Crippen LogP contribution in [-0.2, 0) is 0 Å². The highest BCUT2D eigenvalue weighted by molar-refractivity contribution is 5.94. The lowest BCUT2D eigenvalue weighted by molar-refractivity contribution is 0.0958. The molecule has 0 unspecified atom stereocenters. The van der Waals surface area contributed by atoms with Crippen LogP contribution in [-0.4, -0.2) is 12.5 Å². The third-order valence-electron chi connectivity index (χ3n) is 1.69. The second-order valence-electron chi connectivity index (χ2n) is 2.87. The number of amides is 1. The Balaban J connectivity index is 2.71. The second-order valence-corrected chi connectivity index (χ2v) is 2.87. The Labute approximate surface area is 78.3 Å². The highest BCUT2D eigenvalue weighted by Gasteiger charge is 2.02. The van der Waals surface area contributed by atoms with Crippen LogP contribution in [0.15, 0.2) is 36.9 Å². The van der Waals surface area contributed by atoms with Crippen molar-refractivity contribution in [1.29, 1.82) is 0 Å². The van der Waals surface area contributed by atoms with Crippen LogP contribution in [0, 0.1) is 6.92 Å². The normalized spacial score (nSPS) is 9.31. The van der Waals surface area contributed by atoms with E-state index < -0.39 is 0 Å². The van der Waals surface area contributed by atoms with Gasteiger partial charge in [0.2, 0.25) is 0 Å². The van der Waals surface area contributed by atoms with Crippen molar-refractivity contribution >= 4 is 5.91 Å². The molecular formula is C11H13NO. The zero-order valence-electron chi connectivity index (χ0n) is 7.71. The van der Waals surface area contributed by atoms with Gasteiger partial charge in [-0.25, -0.2) is 0 Å². The maximum Gasteiger partial charge on any atom is 0.251 e. The van der Waals surface area contributed by atoms with Crippen LogP contribution < -0.4 is 5.32 Å². The highest BCUT2D eigenvalue weighted by Crippen LogP contribution is 2.03. The minimum Gasteiger partial charge on any atom is -0.349 e. The summed E-state index contributed by atoms with van der Waals surface area (Å²) < 4.78 is 0. The number of aryl methyl sites for hydroxylation is 1. The molecular weight excluding hydrogens is 162 g/mol. The van der Waals surface area contributed by atoms with Gasteiger partial charge in [-0.15, -0.1) is 6.58 Å². The molecule has 2 heteroatoms. The summed E-state index contributed by atoms with van der Waals surface area (Å²) in [5, 5.41) is 2.72. The molecule has 1 amide bonds. The first kappa shape index (κ1) is 9.52. The molecule has 0 aliphatic rings. The lowest BCUT2D eigenvalue weighted by Crippen LogP contribution is -2.23. The van der Waals surface area contributed by atoms with Crippen LogP contribution in [0.25, 0.3) is 0 Å². The van der Waals surface area contributed by atoms with Crippen molar-refractivity contribution in [2.24, 2.45) is 0 Å². The van der Waals surface area contributed by atoms with Crippen LogP contribution in [0.5, 0.6) is 0 Å². The van der Waals surface area contributed by atoms with E-state index in [9.17, 15) is 4.79 Å². The molecule has 13 heavy (non-hydrogen) atoms. The topological polar surface area (TPSA) is 29.1 Å². The molecule has 0 aromatic heterocycles. The van der Waals surface area contributed by atoms with Gasteiger partial charge in [0.25, 0.3) is 5.91 Å². The van der Waals surface area contributed by atoms with Crippen molar-refractivity contribution in [3.63, 3.8) is 0 Å². The van der Waals surface area contributed by atoms with Gasteiger partial charge in [0.05, 0.1) is 0 Å². The minimum atomic E-state index is -0.0522. The fourth-order valence-corrected chi connectivity index (χ4v) is 1.05. The van der Waals surface area contributed by atoms with Crippen molar-refractivity contribution in [2.75, 3.05) is 6.54 Å². The van der Waals surface area contributed by atoms with E-state index in [4.69, 9.17) is 0 Å². The second kappa shape index (κ2) is 4.45. The summed E-state index contributed by atoms with van der Waals surface area (Å²) in [6.45, 7) is 6.00. The summed E-state index contributed by atoms with van der Waals surface area (Å²) in [5.74, 6) is -0.0522. The van der Waals surface area contributed by atoms with E-state index in [0.29, 0.717) is 12.1 Å². The molecule has 0 atom stereocenters. The molecule has 1 N–H and O–H groups in total. The molecule has 0 radical (unpaired) electrons. The van der Waals surface area contributed by atoms with E-state index in [1.807, 2.05) is 25.1 Å². The van der Waals surface area contributed by atoms with Gasteiger partial charge in [-0.1, -0.05) is 23.8 Å². The van der Waals surface area contributed by atoms with Gasteiger partial charge in [-0.2, -0.15) is 0 Å². The minimum absolute atomic E-state index is 0.0522. The fourth-order valence-electron chi connectivity index (χ4n) is 1.05. The first-order valence-corrected chi connectivity index (χ1v) is 4.20. The molecule has 0 spiro atoms. The molecule has 0 saturated carbocycles. The SMILES string of the molecule is C=CCNC(=O)c1cccc(C)c1. The third kappa shape index (κ3) is 2.75. The number of hydrogen-bond donors (Lipinski definition) is 1. The molecule has 1 aromatic carbocycles. The summed E-state index contributed by atoms with van der Waals surface area (Å²) in [7, 11) is 0. The maximum absolute atomic E-state index is 11.4. The number of nitrogens with one attached hydrogen (secondary N) is 1. The van der Waals surface area contributed by atoms with Gasteiger partial charge in [0.1, 0.15) is 0 Å². The summed E-state index contributed by atoms with van der Waals surface area (Å²) >= 11 is 0. The molecule has 1 rings (SSSR count). The summed E-state index contributed by atoms with van der Waals surface area (Å²) in [6.07, 6.45) is 1.66. The number of hydrogen-bond acceptors (Lipinski definition) is 1. The molecule has 0 aliphatic carbocycles. The maximum atomic E-state index is 11.4. The number of carbonyl (C=O) groups excluding carboxylic acids is 1. The average Bonchev–Trinajstić information content (AvgIpc) is 2.14. The standard InChI is InChI=1S/C11H13NO/c1-3-7-12-11(13)10-6-4-5-9(2)8-10/h3-6,8H,1,7H2,2H3,(H,12,13). The molecule has 0 aliphatic heterocycles. The Morgan fingerprint density at radius 2 is 2.38 bits per heavy atom. The molecule has 2 nitrogen and oxygen atoms in total. The summed E-state index contributed by atoms with van der Waals surface area (Å²) in [6, 6.07) is 7.49. The van der Waals surface area contributed by atoms with Gasteiger partial charge >= 0.3 is 0 Å². The van der Waals surface area contributed by atoms with Crippen LogP contribution in [0.3, 0.4) is 0 Å². The summed E-state index contributed by atoms with van der Waals surface area (Å²) in [4.78, 5) is 11.4. The fraction of sp³-hybridized carbons (Fsp3) is 0.182. The van der Waals surface area contributed by atoms with Gasteiger partial charge in [-0.3, -0.25) is 4.79 Å². The van der Waals surface area contributed by atoms with Crippen molar-refractivity contribution in [1.82, 2.24) is 5.32 Å². The Morgan fingerprint density at radius 1 is 1.62 bits per heavy atom. The lowest BCUT2D eigenvalue weighted by atomic mass is 10.1. The van der Waals surface area contributed by atoms with Crippen molar-refractivity contribution in [2.45, 2.75) is 6.92 Å². The monoisotopic (exact) mass is 175 g/mol. The molecule has 68 valence electrons. The van der Waals surface area contributed by atoms with Gasteiger partial charge < -0.3 is 5.32 Å². The predicted octanol–water partition coefficient (Wildman–Crippen LogP) is 1.91. The Kier molecular flexibility index (Phi) is 3.26. The first-order chi connectivity index (χ1) is 6.24. The predicted molar refractivity (Wildman–Crippen MR) is 53.7 cm³/mol. The van der Waals surface area contributed by atoms with E-state index in [2.05, 4.69) is 11.9 Å². The lowest BCUT2D eigenvalue weighted by Gasteiger charge is -2.02. The molecule has 1 aromatic rings. The van der Waals surface area contributed by atoms with E-state index in [1.165, 1.54) is 0 Å². The van der Waals surface area contributed by atoms with E-state index >= 15 is 0 Å². The van der Waals surface area contributed by atoms with Crippen LogP contribution >= 0.6 is 0 Å². The van der Waals surface area contributed by atoms with Crippen molar-refractivity contribution in [3.05, 3.63) is 48.0 Å². The van der Waals surface area contributed by atoms with Crippen molar-refractivity contribution < 1.29 is 4.79 Å². The largest absolute Gasteiger partial charge is 0.349 e. The van der Waals surface area contributed by atoms with Gasteiger partial charge in [0, 0.05) is 12.1 Å². The number of benzene rings is 1. The van der Waals surface area contributed by atoms with Crippen LogP contribution in [0.1, 0.15) is 15.9 Å². The third-order valence-corrected chi connectivity index (χ3v) is 1.69. The smallest absolute Gasteiger partial charge is 0.251 e. The Bertz CT molecular complexity index is 318. The van der Waals surface area contributed by atoms with Gasteiger partial charge in [-0.05, 0) is 19.1 Å². The Hall–Kier alpha value is -1.57. The highest BCUT2D eigenvalue weighted by atomic mass is 16.1. The Morgan fingerprint density at radius 3 is 3.00 bits per heavy atom. The molecule has 0 saturated heterocycles. The zero-order valence-corrected chi connectivity index (χ0v) is 7.71. The van der Waals surface area contributed by atoms with E-state index in [-0.39, 0.29) is 5.91 Å². The van der Waals surface area contributed by atoms with E-state index in [0.717, 1.165) is 5.56 Å². The van der Waals surface area contributed by atoms with Crippen LogP contribution in [0.2, 0.25) is 0 Å². The first-order valence-electron chi connectivity index (χ1n) is 4.20. The molecule has 0 fully saturated rings. The van der Waals surface area contributed by atoms with Crippen molar-refractivity contribution in [3.8, 4) is 0 Å². The van der Waals surface area contributed by atoms with Gasteiger partial charge in [0.15, 0.2) is 0 Å².